The number of hydrogen-bond acceptors (Lipinski definition) is 7. The van der Waals surface area contributed by atoms with Crippen LogP contribution in [0.1, 0.15) is 5.69 Å². The van der Waals surface area contributed by atoms with Crippen LogP contribution in [0, 0.1) is 0 Å². The SMILES string of the molecule is CNCc1c(Sc2nncs2)nc2sccn12. The second-order valence-electron chi connectivity index (χ2n) is 3.26. The highest BCUT2D eigenvalue weighted by Crippen LogP contribution is 2.32. The van der Waals surface area contributed by atoms with Crippen LogP contribution >= 0.6 is 34.4 Å². The molecule has 3 heterocycles. The summed E-state index contributed by atoms with van der Waals surface area (Å²) < 4.78 is 3.04. The van der Waals surface area contributed by atoms with Crippen molar-refractivity contribution in [3.63, 3.8) is 0 Å². The smallest absolute Gasteiger partial charge is 0.194 e. The maximum absolute atomic E-state index is 4.61. The lowest BCUT2D eigenvalue weighted by Crippen LogP contribution is -2.07. The molecule has 0 atom stereocenters. The predicted molar refractivity (Wildman–Crippen MR) is 69.9 cm³/mol. The zero-order valence-corrected chi connectivity index (χ0v) is 11.4. The molecule has 8 heteroatoms. The molecule has 3 aromatic heterocycles. The summed E-state index contributed by atoms with van der Waals surface area (Å²) in [7, 11) is 1.94. The van der Waals surface area contributed by atoms with Crippen LogP contribution in [0.3, 0.4) is 0 Å². The van der Waals surface area contributed by atoms with Gasteiger partial charge in [0.2, 0.25) is 0 Å². The van der Waals surface area contributed by atoms with E-state index in [1.165, 1.54) is 17.0 Å². The van der Waals surface area contributed by atoms with Crippen LogP contribution in [0.4, 0.5) is 0 Å². The van der Waals surface area contributed by atoms with Crippen LogP contribution in [-0.4, -0.2) is 26.6 Å². The Labute approximate surface area is 110 Å². The minimum atomic E-state index is 0.791. The lowest BCUT2D eigenvalue weighted by molar-refractivity contribution is 0.765. The fourth-order valence-electron chi connectivity index (χ4n) is 1.51. The van der Waals surface area contributed by atoms with Crippen molar-refractivity contribution in [2.24, 2.45) is 0 Å². The first kappa shape index (κ1) is 11.1. The van der Waals surface area contributed by atoms with E-state index < -0.39 is 0 Å². The number of thiazole rings is 1. The molecule has 88 valence electrons. The molecule has 0 unspecified atom stereocenters. The topological polar surface area (TPSA) is 55.1 Å². The van der Waals surface area contributed by atoms with Gasteiger partial charge in [0.15, 0.2) is 9.30 Å². The standard InChI is InChI=1S/C9H9N5S3/c1-10-4-6-7(17-9-13-11-5-16-9)12-8-14(6)2-3-15-8/h2-3,5,10H,4H2,1H3. The highest BCUT2D eigenvalue weighted by Gasteiger charge is 2.14. The summed E-state index contributed by atoms with van der Waals surface area (Å²) in [6.07, 6.45) is 2.05. The van der Waals surface area contributed by atoms with Gasteiger partial charge < -0.3 is 5.32 Å². The van der Waals surface area contributed by atoms with Crippen molar-refractivity contribution in [2.75, 3.05) is 7.05 Å². The Morgan fingerprint density at radius 3 is 3.18 bits per heavy atom. The molecule has 0 saturated heterocycles. The molecular weight excluding hydrogens is 274 g/mol. The van der Waals surface area contributed by atoms with Gasteiger partial charge in [-0.05, 0) is 18.8 Å². The van der Waals surface area contributed by atoms with Crippen LogP contribution in [-0.2, 0) is 6.54 Å². The Morgan fingerprint density at radius 1 is 1.47 bits per heavy atom. The van der Waals surface area contributed by atoms with Crippen molar-refractivity contribution >= 4 is 39.4 Å². The number of nitrogens with one attached hydrogen (secondary N) is 1. The Morgan fingerprint density at radius 2 is 2.41 bits per heavy atom. The Kier molecular flexibility index (Phi) is 3.10. The van der Waals surface area contributed by atoms with Gasteiger partial charge >= 0.3 is 0 Å². The summed E-state index contributed by atoms with van der Waals surface area (Å²) in [6.45, 7) is 0.791. The number of hydrogen-bond donors (Lipinski definition) is 1. The normalized spacial score (nSPS) is 11.4. The van der Waals surface area contributed by atoms with Crippen molar-refractivity contribution in [3.8, 4) is 0 Å². The van der Waals surface area contributed by atoms with Crippen LogP contribution < -0.4 is 5.32 Å². The second-order valence-corrected chi connectivity index (χ2v) is 6.20. The Balaban J connectivity index is 2.02. The van der Waals surface area contributed by atoms with Gasteiger partial charge in [-0.3, -0.25) is 4.40 Å². The molecule has 0 bridgehead atoms. The first-order chi connectivity index (χ1) is 8.38. The van der Waals surface area contributed by atoms with Crippen LogP contribution in [0.5, 0.6) is 0 Å². The molecule has 0 radical (unpaired) electrons. The number of aromatic nitrogens is 4. The minimum Gasteiger partial charge on any atom is -0.314 e. The average molecular weight is 283 g/mol. The molecule has 5 nitrogen and oxygen atoms in total. The minimum absolute atomic E-state index is 0.791. The molecule has 0 spiro atoms. The maximum atomic E-state index is 4.61. The highest BCUT2D eigenvalue weighted by molar-refractivity contribution is 8.01. The van der Waals surface area contributed by atoms with Crippen LogP contribution in [0.25, 0.3) is 4.96 Å². The fourth-order valence-corrected chi connectivity index (χ4v) is 3.81. The van der Waals surface area contributed by atoms with Gasteiger partial charge in [-0.2, -0.15) is 0 Å². The van der Waals surface area contributed by atoms with E-state index >= 15 is 0 Å². The quantitative estimate of drug-likeness (QED) is 0.795. The summed E-state index contributed by atoms with van der Waals surface area (Å²) in [6, 6.07) is 0. The first-order valence-electron chi connectivity index (χ1n) is 4.91. The third-order valence-electron chi connectivity index (χ3n) is 2.19. The van der Waals surface area contributed by atoms with E-state index in [0.29, 0.717) is 0 Å². The lowest BCUT2D eigenvalue weighted by Gasteiger charge is -2.00. The molecule has 17 heavy (non-hydrogen) atoms. The van der Waals surface area contributed by atoms with Crippen molar-refractivity contribution in [1.82, 2.24) is 24.9 Å². The summed E-state index contributed by atoms with van der Waals surface area (Å²) >= 11 is 4.74. The van der Waals surface area contributed by atoms with Crippen molar-refractivity contribution in [2.45, 2.75) is 15.9 Å². The zero-order chi connectivity index (χ0) is 11.7. The van der Waals surface area contributed by atoms with Gasteiger partial charge in [-0.1, -0.05) is 11.3 Å². The Bertz CT molecular complexity index is 612. The van der Waals surface area contributed by atoms with E-state index in [1.54, 1.807) is 28.6 Å². The summed E-state index contributed by atoms with van der Waals surface area (Å²) in [5.74, 6) is 0. The molecule has 0 saturated carbocycles. The van der Waals surface area contributed by atoms with Gasteiger partial charge in [0.1, 0.15) is 10.5 Å². The van der Waals surface area contributed by atoms with Gasteiger partial charge in [0.05, 0.1) is 5.69 Å². The van der Waals surface area contributed by atoms with E-state index in [-0.39, 0.29) is 0 Å². The van der Waals surface area contributed by atoms with E-state index in [2.05, 4.69) is 24.9 Å². The van der Waals surface area contributed by atoms with E-state index in [0.717, 1.165) is 20.9 Å². The van der Waals surface area contributed by atoms with Gasteiger partial charge in [0.25, 0.3) is 0 Å². The summed E-state index contributed by atoms with van der Waals surface area (Å²) in [4.78, 5) is 5.63. The first-order valence-corrected chi connectivity index (χ1v) is 7.49. The maximum Gasteiger partial charge on any atom is 0.194 e. The van der Waals surface area contributed by atoms with Crippen molar-refractivity contribution in [1.29, 1.82) is 0 Å². The molecule has 0 fully saturated rings. The molecule has 0 aliphatic heterocycles. The van der Waals surface area contributed by atoms with Gasteiger partial charge in [-0.25, -0.2) is 4.98 Å². The zero-order valence-electron chi connectivity index (χ0n) is 8.95. The third kappa shape index (κ3) is 2.08. The largest absolute Gasteiger partial charge is 0.314 e. The van der Waals surface area contributed by atoms with Crippen molar-refractivity contribution in [3.05, 3.63) is 22.8 Å². The van der Waals surface area contributed by atoms with Crippen LogP contribution in [0.2, 0.25) is 0 Å². The number of rotatable bonds is 4. The molecule has 3 rings (SSSR count). The van der Waals surface area contributed by atoms with Gasteiger partial charge in [0, 0.05) is 18.1 Å². The predicted octanol–water partition coefficient (Wildman–Crippen LogP) is 2.12. The lowest BCUT2D eigenvalue weighted by atomic mass is 10.5. The summed E-state index contributed by atoms with van der Waals surface area (Å²) in [5, 5.41) is 14.1. The summed E-state index contributed by atoms with van der Waals surface area (Å²) in [5.41, 5.74) is 2.90. The Hall–Kier alpha value is -0.960. The number of fused-ring (bicyclic) bond motifs is 1. The van der Waals surface area contributed by atoms with E-state index in [9.17, 15) is 0 Å². The molecule has 3 aromatic rings. The molecule has 1 N–H and O–H groups in total. The average Bonchev–Trinajstić information content (AvgIpc) is 2.99. The van der Waals surface area contributed by atoms with E-state index in [4.69, 9.17) is 0 Å². The molecule has 0 aromatic carbocycles. The number of imidazole rings is 1. The molecular formula is C9H9N5S3. The fraction of sp³-hybridized carbons (Fsp3) is 0.222. The third-order valence-corrected chi connectivity index (χ3v) is 4.75. The van der Waals surface area contributed by atoms with Gasteiger partial charge in [-0.15, -0.1) is 21.5 Å². The monoisotopic (exact) mass is 283 g/mol. The van der Waals surface area contributed by atoms with Crippen LogP contribution in [0.15, 0.2) is 26.5 Å². The second kappa shape index (κ2) is 4.73. The number of nitrogens with zero attached hydrogens (tertiary/aromatic N) is 4. The molecule has 0 aliphatic carbocycles. The highest BCUT2D eigenvalue weighted by atomic mass is 32.2. The molecule has 0 aliphatic rings. The van der Waals surface area contributed by atoms with Crippen molar-refractivity contribution < 1.29 is 0 Å². The molecule has 0 amide bonds. The van der Waals surface area contributed by atoms with E-state index in [1.807, 2.05) is 18.6 Å².